The Hall–Kier alpha value is -0.280. The van der Waals surface area contributed by atoms with Crippen LogP contribution in [-0.4, -0.2) is 89.5 Å². The molecule has 0 aromatic carbocycles. The van der Waals surface area contributed by atoms with Crippen molar-refractivity contribution >= 4 is 0 Å². The van der Waals surface area contributed by atoms with Crippen LogP contribution in [0, 0.1) is 11.8 Å². The average molecular weight is 455 g/mol. The van der Waals surface area contributed by atoms with E-state index < -0.39 is 0 Å². The van der Waals surface area contributed by atoms with Gasteiger partial charge in [0.1, 0.15) is 24.4 Å². The van der Waals surface area contributed by atoms with E-state index >= 15 is 0 Å². The summed E-state index contributed by atoms with van der Waals surface area (Å²) < 4.78 is 37.5. The molecule has 0 radical (unpaired) electrons. The zero-order valence-corrected chi connectivity index (χ0v) is 19.5. The topological polar surface area (TPSA) is 77.8 Å². The smallest absolute Gasteiger partial charge is 0.104 e. The van der Waals surface area contributed by atoms with E-state index in [0.29, 0.717) is 36.6 Å². The minimum Gasteiger partial charge on any atom is -0.376 e. The van der Waals surface area contributed by atoms with Gasteiger partial charge in [-0.05, 0) is 69.6 Å². The largest absolute Gasteiger partial charge is 0.376 e. The molecule has 0 spiro atoms. The monoisotopic (exact) mass is 454 g/mol. The van der Waals surface area contributed by atoms with Gasteiger partial charge in [0.25, 0.3) is 0 Å². The normalized spacial score (nSPS) is 42.0. The Morgan fingerprint density at radius 2 is 0.812 bits per heavy atom. The summed E-state index contributed by atoms with van der Waals surface area (Å²) in [6, 6.07) is 0. The Morgan fingerprint density at radius 1 is 0.469 bits per heavy atom. The summed E-state index contributed by atoms with van der Waals surface area (Å²) in [6.07, 6.45) is 14.6. The molecular weight excluding hydrogens is 412 g/mol. The molecule has 2 aliphatic carbocycles. The molecule has 0 bridgehead atoms. The Morgan fingerprint density at radius 3 is 1.16 bits per heavy atom. The van der Waals surface area contributed by atoms with E-state index in [1.807, 2.05) is 0 Å². The fraction of sp³-hybridized carbons (Fsp3) is 1.00. The summed E-state index contributed by atoms with van der Waals surface area (Å²) >= 11 is 0. The number of ether oxygens (including phenoxy) is 7. The lowest BCUT2D eigenvalue weighted by Gasteiger charge is -2.34. The van der Waals surface area contributed by atoms with Crippen molar-refractivity contribution in [2.75, 3.05) is 52.9 Å². The maximum absolute atomic E-state index is 5.96. The Bertz CT molecular complexity index is 482. The zero-order valence-electron chi connectivity index (χ0n) is 19.5. The van der Waals surface area contributed by atoms with Crippen LogP contribution >= 0.6 is 0 Å². The quantitative estimate of drug-likeness (QED) is 0.419. The van der Waals surface area contributed by atoms with Crippen LogP contribution in [0.2, 0.25) is 0 Å². The number of epoxide rings is 4. The minimum atomic E-state index is 0.392. The van der Waals surface area contributed by atoms with Crippen molar-refractivity contribution in [3.8, 4) is 0 Å². The Balaban J connectivity index is 0.000000199. The van der Waals surface area contributed by atoms with Crippen molar-refractivity contribution in [1.29, 1.82) is 0 Å². The SMILES string of the molecule is C(OCC1CO1)C1CO1.C1CC(OCC2CO2)CCC1CC1CCC(OCC2CO2)CC1. The summed E-state index contributed by atoms with van der Waals surface area (Å²) in [5, 5.41) is 0. The molecule has 7 heteroatoms. The molecule has 4 saturated heterocycles. The zero-order chi connectivity index (χ0) is 21.6. The van der Waals surface area contributed by atoms with Crippen LogP contribution in [0.15, 0.2) is 0 Å². The van der Waals surface area contributed by atoms with E-state index in [1.54, 1.807) is 0 Å². The molecule has 0 aromatic heterocycles. The molecule has 7 nitrogen and oxygen atoms in total. The maximum Gasteiger partial charge on any atom is 0.104 e. The third-order valence-corrected chi connectivity index (χ3v) is 7.51. The third kappa shape index (κ3) is 9.16. The van der Waals surface area contributed by atoms with Gasteiger partial charge < -0.3 is 33.2 Å². The van der Waals surface area contributed by atoms with Crippen molar-refractivity contribution in [3.05, 3.63) is 0 Å². The summed E-state index contributed by atoms with van der Waals surface area (Å²) in [4.78, 5) is 0. The lowest BCUT2D eigenvalue weighted by Crippen LogP contribution is -2.27. The van der Waals surface area contributed by atoms with Crippen LogP contribution in [0.4, 0.5) is 0 Å². The minimum absolute atomic E-state index is 0.392. The van der Waals surface area contributed by atoms with Crippen LogP contribution < -0.4 is 0 Å². The van der Waals surface area contributed by atoms with Crippen LogP contribution in [0.1, 0.15) is 57.8 Å². The highest BCUT2D eigenvalue weighted by Gasteiger charge is 2.30. The molecule has 0 N–H and O–H groups in total. The van der Waals surface area contributed by atoms with Gasteiger partial charge in [-0.15, -0.1) is 0 Å². The summed E-state index contributed by atoms with van der Waals surface area (Å²) in [6.45, 7) is 6.73. The van der Waals surface area contributed by atoms with Gasteiger partial charge in [-0.25, -0.2) is 0 Å². The van der Waals surface area contributed by atoms with Gasteiger partial charge >= 0.3 is 0 Å². The highest BCUT2D eigenvalue weighted by molar-refractivity contribution is 4.80. The summed E-state index contributed by atoms with van der Waals surface area (Å²) in [5.41, 5.74) is 0. The number of hydrogen-bond donors (Lipinski definition) is 0. The fourth-order valence-corrected chi connectivity index (χ4v) is 5.01. The van der Waals surface area contributed by atoms with Gasteiger partial charge in [0.05, 0.1) is 65.1 Å². The van der Waals surface area contributed by atoms with Gasteiger partial charge in [0, 0.05) is 0 Å². The predicted octanol–water partition coefficient (Wildman–Crippen LogP) is 3.13. The van der Waals surface area contributed by atoms with Gasteiger partial charge in [0.2, 0.25) is 0 Å². The predicted molar refractivity (Wildman–Crippen MR) is 118 cm³/mol. The molecule has 0 amide bonds. The second-order valence-corrected chi connectivity index (χ2v) is 10.5. The van der Waals surface area contributed by atoms with E-state index in [1.165, 1.54) is 57.8 Å². The standard InChI is InChI=1S/C19H32O4.C6H10O3/c1-5-16(20-10-18-12-22-18)6-2-14(1)9-15-3-7-17(8-4-15)21-11-19-13-23-19;1(5-3-8-5)7-2-6-4-9-6/h14-19H,1-13H2;5-6H,1-4H2. The summed E-state index contributed by atoms with van der Waals surface area (Å²) in [7, 11) is 0. The molecule has 184 valence electrons. The molecule has 4 heterocycles. The second kappa shape index (κ2) is 11.9. The highest BCUT2D eigenvalue weighted by atomic mass is 16.6. The first kappa shape index (κ1) is 23.5. The van der Waals surface area contributed by atoms with E-state index in [0.717, 1.165) is 64.7 Å². The number of hydrogen-bond acceptors (Lipinski definition) is 7. The van der Waals surface area contributed by atoms with Crippen molar-refractivity contribution in [3.63, 3.8) is 0 Å². The second-order valence-electron chi connectivity index (χ2n) is 10.5. The summed E-state index contributed by atoms with van der Waals surface area (Å²) in [5.74, 6) is 1.88. The Labute approximate surface area is 192 Å². The van der Waals surface area contributed by atoms with Crippen molar-refractivity contribution < 1.29 is 33.2 Å². The van der Waals surface area contributed by atoms with E-state index in [2.05, 4.69) is 0 Å². The fourth-order valence-electron chi connectivity index (χ4n) is 5.01. The first-order chi connectivity index (χ1) is 15.8. The molecule has 6 aliphatic rings. The van der Waals surface area contributed by atoms with E-state index in [-0.39, 0.29) is 0 Å². The molecule has 6 fully saturated rings. The molecule has 4 atom stereocenters. The van der Waals surface area contributed by atoms with Crippen LogP contribution in [-0.2, 0) is 33.2 Å². The van der Waals surface area contributed by atoms with Crippen molar-refractivity contribution in [2.24, 2.45) is 11.8 Å². The molecule has 4 aliphatic heterocycles. The van der Waals surface area contributed by atoms with E-state index in [9.17, 15) is 0 Å². The van der Waals surface area contributed by atoms with Crippen molar-refractivity contribution in [2.45, 2.75) is 94.4 Å². The molecule has 32 heavy (non-hydrogen) atoms. The average Bonchev–Trinajstić information content (AvgIpc) is 3.65. The van der Waals surface area contributed by atoms with Crippen molar-refractivity contribution in [1.82, 2.24) is 0 Å². The van der Waals surface area contributed by atoms with E-state index in [4.69, 9.17) is 33.2 Å². The number of rotatable bonds is 12. The molecule has 0 aromatic rings. The molecule has 2 saturated carbocycles. The first-order valence-corrected chi connectivity index (χ1v) is 13.1. The van der Waals surface area contributed by atoms with Gasteiger partial charge in [0.15, 0.2) is 0 Å². The van der Waals surface area contributed by atoms with Gasteiger partial charge in [-0.2, -0.15) is 0 Å². The Kier molecular flexibility index (Phi) is 8.74. The lowest BCUT2D eigenvalue weighted by atomic mass is 9.76. The van der Waals surface area contributed by atoms with Gasteiger partial charge in [-0.3, -0.25) is 0 Å². The highest BCUT2D eigenvalue weighted by Crippen LogP contribution is 2.37. The van der Waals surface area contributed by atoms with Crippen LogP contribution in [0.25, 0.3) is 0 Å². The molecule has 4 unspecified atom stereocenters. The van der Waals surface area contributed by atoms with Gasteiger partial charge in [-0.1, -0.05) is 0 Å². The third-order valence-electron chi connectivity index (χ3n) is 7.51. The first-order valence-electron chi connectivity index (χ1n) is 13.1. The molecular formula is C25H42O7. The maximum atomic E-state index is 5.96. The van der Waals surface area contributed by atoms with Crippen LogP contribution in [0.3, 0.4) is 0 Å². The van der Waals surface area contributed by atoms with Crippen LogP contribution in [0.5, 0.6) is 0 Å². The lowest BCUT2D eigenvalue weighted by molar-refractivity contribution is -0.00203. The molecule has 6 rings (SSSR count).